The first kappa shape index (κ1) is 17.7. The Kier molecular flexibility index (Phi) is 4.69. The summed E-state index contributed by atoms with van der Waals surface area (Å²) in [5.41, 5.74) is 3.29. The van der Waals surface area contributed by atoms with Gasteiger partial charge >= 0.3 is 0 Å². The topological polar surface area (TPSA) is 58.2 Å². The van der Waals surface area contributed by atoms with Gasteiger partial charge in [-0.1, -0.05) is 0 Å². The number of benzene rings is 1. The van der Waals surface area contributed by atoms with Gasteiger partial charge in [0.1, 0.15) is 0 Å². The van der Waals surface area contributed by atoms with Crippen LogP contribution in [0.5, 0.6) is 0 Å². The highest BCUT2D eigenvalue weighted by atomic mass is 32.1. The second kappa shape index (κ2) is 6.64. The van der Waals surface area contributed by atoms with Gasteiger partial charge < -0.3 is 10.6 Å². The Bertz CT molecular complexity index is 836. The van der Waals surface area contributed by atoms with Gasteiger partial charge in [0.05, 0.1) is 5.41 Å². The maximum atomic E-state index is 12.2. The van der Waals surface area contributed by atoms with Gasteiger partial charge in [-0.15, -0.1) is 11.3 Å². The van der Waals surface area contributed by atoms with E-state index in [2.05, 4.69) is 30.5 Å². The number of rotatable bonds is 5. The molecule has 0 bridgehead atoms. The average Bonchev–Trinajstić information content (AvgIpc) is 2.96. The third-order valence-corrected chi connectivity index (χ3v) is 5.79. The van der Waals surface area contributed by atoms with Crippen molar-refractivity contribution in [2.24, 2.45) is 0 Å². The molecule has 4 nitrogen and oxygen atoms in total. The second-order valence-corrected chi connectivity index (χ2v) is 8.64. The van der Waals surface area contributed by atoms with Crippen molar-refractivity contribution in [2.45, 2.75) is 52.4 Å². The maximum Gasteiger partial charge on any atom is 0.234 e. The molecule has 0 unspecified atom stereocenters. The van der Waals surface area contributed by atoms with Gasteiger partial charge in [0, 0.05) is 27.5 Å². The average molecular weight is 356 g/mol. The summed E-state index contributed by atoms with van der Waals surface area (Å²) in [7, 11) is 0. The van der Waals surface area contributed by atoms with Crippen molar-refractivity contribution >= 4 is 34.5 Å². The van der Waals surface area contributed by atoms with E-state index in [4.69, 9.17) is 0 Å². The zero-order valence-corrected chi connectivity index (χ0v) is 16.0. The van der Waals surface area contributed by atoms with Crippen LogP contribution in [-0.4, -0.2) is 11.8 Å². The van der Waals surface area contributed by atoms with Crippen LogP contribution in [0, 0.1) is 13.8 Å². The number of hydrogen-bond donors (Lipinski definition) is 2. The van der Waals surface area contributed by atoms with E-state index in [9.17, 15) is 9.59 Å². The lowest BCUT2D eigenvalue weighted by molar-refractivity contribution is -0.119. The Morgan fingerprint density at radius 3 is 2.68 bits per heavy atom. The van der Waals surface area contributed by atoms with Crippen molar-refractivity contribution in [2.75, 3.05) is 10.6 Å². The summed E-state index contributed by atoms with van der Waals surface area (Å²) in [5, 5.41) is 5.83. The minimum atomic E-state index is -0.565. The summed E-state index contributed by atoms with van der Waals surface area (Å²) in [6, 6.07) is 7.81. The van der Waals surface area contributed by atoms with Crippen molar-refractivity contribution in [1.82, 2.24) is 0 Å². The fourth-order valence-corrected chi connectivity index (χ4v) is 4.22. The summed E-state index contributed by atoms with van der Waals surface area (Å²) in [5.74, 6) is 0.00652. The van der Waals surface area contributed by atoms with E-state index in [0.29, 0.717) is 6.42 Å². The van der Waals surface area contributed by atoms with Crippen LogP contribution in [0.25, 0.3) is 0 Å². The fraction of sp³-hybridized carbons (Fsp3) is 0.400. The van der Waals surface area contributed by atoms with Gasteiger partial charge in [-0.2, -0.15) is 0 Å². The maximum absolute atomic E-state index is 12.2. The lowest BCUT2D eigenvalue weighted by atomic mass is 9.86. The molecule has 0 radical (unpaired) electrons. The quantitative estimate of drug-likeness (QED) is 0.825. The van der Waals surface area contributed by atoms with Crippen LogP contribution in [0.1, 0.15) is 47.6 Å². The molecule has 2 N–H and O–H groups in total. The first-order chi connectivity index (χ1) is 11.8. The molecule has 132 valence electrons. The predicted octanol–water partition coefficient (Wildman–Crippen LogP) is 4.56. The molecule has 2 heterocycles. The summed E-state index contributed by atoms with van der Waals surface area (Å²) in [4.78, 5) is 26.9. The van der Waals surface area contributed by atoms with Crippen LogP contribution >= 0.6 is 11.3 Å². The third kappa shape index (κ3) is 3.61. The number of carbonyl (C=O) groups excluding carboxylic acids is 2. The van der Waals surface area contributed by atoms with Gasteiger partial charge in [0.25, 0.3) is 0 Å². The molecule has 0 fully saturated rings. The zero-order chi connectivity index (χ0) is 18.2. The largest absolute Gasteiger partial charge is 0.326 e. The van der Waals surface area contributed by atoms with Crippen molar-refractivity contribution in [1.29, 1.82) is 0 Å². The molecular formula is C20H24N2O2S. The molecule has 0 spiro atoms. The van der Waals surface area contributed by atoms with Crippen LogP contribution in [0.4, 0.5) is 11.4 Å². The highest BCUT2D eigenvalue weighted by molar-refractivity contribution is 7.12. The highest BCUT2D eigenvalue weighted by Gasteiger charge is 2.38. The van der Waals surface area contributed by atoms with E-state index >= 15 is 0 Å². The smallest absolute Gasteiger partial charge is 0.234 e. The lowest BCUT2D eigenvalue weighted by Crippen LogP contribution is -2.26. The molecule has 1 aromatic heterocycles. The number of thiophene rings is 1. The molecule has 0 atom stereocenters. The molecule has 2 amide bonds. The first-order valence-corrected chi connectivity index (χ1v) is 9.41. The van der Waals surface area contributed by atoms with Crippen molar-refractivity contribution < 1.29 is 9.59 Å². The molecule has 0 saturated heterocycles. The summed E-state index contributed by atoms with van der Waals surface area (Å²) < 4.78 is 0. The molecule has 5 heteroatoms. The summed E-state index contributed by atoms with van der Waals surface area (Å²) in [6.45, 7) is 8.04. The van der Waals surface area contributed by atoms with Gasteiger partial charge in [-0.3, -0.25) is 9.59 Å². The summed E-state index contributed by atoms with van der Waals surface area (Å²) in [6.07, 6.45) is 2.25. The Labute approximate surface area is 152 Å². The first-order valence-electron chi connectivity index (χ1n) is 8.59. The molecule has 1 aliphatic heterocycles. The van der Waals surface area contributed by atoms with Crippen molar-refractivity contribution in [3.8, 4) is 0 Å². The number of carbonyl (C=O) groups is 2. The van der Waals surface area contributed by atoms with Crippen LogP contribution in [0.3, 0.4) is 0 Å². The molecular weight excluding hydrogens is 332 g/mol. The molecule has 0 saturated carbocycles. The normalized spacial score (nSPS) is 15.0. The minimum absolute atomic E-state index is 0.00703. The predicted molar refractivity (Wildman–Crippen MR) is 103 cm³/mol. The Morgan fingerprint density at radius 1 is 1.24 bits per heavy atom. The number of anilines is 2. The van der Waals surface area contributed by atoms with Gasteiger partial charge in [-0.25, -0.2) is 0 Å². The molecule has 1 aromatic carbocycles. The van der Waals surface area contributed by atoms with Crippen LogP contribution in [0.2, 0.25) is 0 Å². The molecule has 1 aliphatic rings. The molecule has 25 heavy (non-hydrogen) atoms. The standard InChI is InChI=1S/C20H24N2O2S/c1-12-10-14(13(2)25-12)6-5-7-18(23)21-15-8-9-17-16(11-15)20(3,4)19(24)22-17/h8-11H,5-7H2,1-4H3,(H,21,23)(H,22,24). The van der Waals surface area contributed by atoms with Crippen LogP contribution in [-0.2, 0) is 21.4 Å². The van der Waals surface area contributed by atoms with E-state index in [1.54, 1.807) is 0 Å². The highest BCUT2D eigenvalue weighted by Crippen LogP contribution is 2.38. The van der Waals surface area contributed by atoms with Gasteiger partial charge in [-0.05, 0) is 75.9 Å². The number of nitrogens with one attached hydrogen (secondary N) is 2. The number of fused-ring (bicyclic) bond motifs is 1. The number of hydrogen-bond acceptors (Lipinski definition) is 3. The monoisotopic (exact) mass is 356 g/mol. The SMILES string of the molecule is Cc1cc(CCCC(=O)Nc2ccc3c(c2)C(C)(C)C(=O)N3)c(C)s1. The lowest BCUT2D eigenvalue weighted by Gasteiger charge is -2.16. The Hall–Kier alpha value is -2.14. The second-order valence-electron chi connectivity index (χ2n) is 7.18. The molecule has 0 aliphatic carbocycles. The minimum Gasteiger partial charge on any atom is -0.326 e. The van der Waals surface area contributed by atoms with Crippen molar-refractivity contribution in [3.05, 3.63) is 45.1 Å². The Morgan fingerprint density at radius 2 is 2.00 bits per heavy atom. The van der Waals surface area contributed by atoms with Gasteiger partial charge in [0.2, 0.25) is 11.8 Å². The van der Waals surface area contributed by atoms with E-state index in [1.807, 2.05) is 43.4 Å². The molecule has 3 rings (SSSR count). The van der Waals surface area contributed by atoms with E-state index in [1.165, 1.54) is 15.3 Å². The van der Waals surface area contributed by atoms with E-state index in [0.717, 1.165) is 29.8 Å². The Balaban J connectivity index is 1.58. The zero-order valence-electron chi connectivity index (χ0n) is 15.2. The number of amides is 2. The van der Waals surface area contributed by atoms with Gasteiger partial charge in [0.15, 0.2) is 0 Å². The van der Waals surface area contributed by atoms with E-state index < -0.39 is 5.41 Å². The van der Waals surface area contributed by atoms with Crippen LogP contribution < -0.4 is 10.6 Å². The van der Waals surface area contributed by atoms with Crippen molar-refractivity contribution in [3.63, 3.8) is 0 Å². The molecule has 2 aromatic rings. The fourth-order valence-electron chi connectivity index (χ4n) is 3.24. The number of aryl methyl sites for hydroxylation is 3. The third-order valence-electron chi connectivity index (χ3n) is 4.79. The van der Waals surface area contributed by atoms with E-state index in [-0.39, 0.29) is 11.8 Å². The summed E-state index contributed by atoms with van der Waals surface area (Å²) >= 11 is 1.81. The van der Waals surface area contributed by atoms with Crippen LogP contribution in [0.15, 0.2) is 24.3 Å².